The molecule has 3 rings (SSSR count). The maximum Gasteiger partial charge on any atom is 0.320 e. The fourth-order valence-corrected chi connectivity index (χ4v) is 5.07. The largest absolute Gasteiger partial charge is 0.480 e. The predicted molar refractivity (Wildman–Crippen MR) is 167 cm³/mol. The molecule has 0 aliphatic rings. The van der Waals surface area contributed by atoms with Crippen LogP contribution in [0.25, 0.3) is 0 Å². The number of aliphatic carboxylic acids is 1. The summed E-state index contributed by atoms with van der Waals surface area (Å²) in [6.07, 6.45) is 0.385. The number of carbonyl (C=O) groups is 1. The van der Waals surface area contributed by atoms with Crippen LogP contribution in [0.4, 0.5) is 0 Å². The Morgan fingerprint density at radius 2 is 1.07 bits per heavy atom. The third-order valence-electron chi connectivity index (χ3n) is 4.69. The van der Waals surface area contributed by atoms with Crippen molar-refractivity contribution in [3.8, 4) is 0 Å². The lowest BCUT2D eigenvalue weighted by Crippen LogP contribution is -2.32. The molecule has 0 aliphatic carbocycles. The summed E-state index contributed by atoms with van der Waals surface area (Å²) in [5, 5.41) is 25.1. The molecular weight excluding hydrogens is 627 g/mol. The van der Waals surface area contributed by atoms with Gasteiger partial charge in [-0.1, -0.05) is 87.3 Å². The average Bonchev–Trinajstić information content (AvgIpc) is 2.92. The summed E-state index contributed by atoms with van der Waals surface area (Å²) in [5.74, 6) is 0.550. The number of hydrogen-bond donors (Lipinski definition) is 6. The third-order valence-corrected chi connectivity index (χ3v) is 8.79. The lowest BCUT2D eigenvalue weighted by atomic mass is 10.1. The number of benzene rings is 3. The minimum Gasteiger partial charge on any atom is -0.480 e. The first-order valence-corrected chi connectivity index (χ1v) is 17.5. The zero-order chi connectivity index (χ0) is 32.2. The van der Waals surface area contributed by atoms with Gasteiger partial charge in [-0.05, 0) is 50.1 Å². The van der Waals surface area contributed by atoms with E-state index in [0.29, 0.717) is 6.42 Å². The summed E-state index contributed by atoms with van der Waals surface area (Å²) < 4.78 is 59.1. The monoisotopic (exact) mass is 663 g/mol. The van der Waals surface area contributed by atoms with Crippen molar-refractivity contribution >= 4 is 47.8 Å². The van der Waals surface area contributed by atoms with Crippen LogP contribution in [-0.2, 0) is 31.5 Å². The van der Waals surface area contributed by atoms with Gasteiger partial charge in [-0.25, -0.2) is 0 Å². The predicted octanol–water partition coefficient (Wildman–Crippen LogP) is 3.48. The minimum absolute atomic E-state index is 0.0666. The molecule has 11 nitrogen and oxygen atoms in total. The van der Waals surface area contributed by atoms with Crippen LogP contribution in [0.5, 0.6) is 0 Å². The Morgan fingerprint density at radius 3 is 1.36 bits per heavy atom. The fourth-order valence-electron chi connectivity index (χ4n) is 2.57. The van der Waals surface area contributed by atoms with Crippen LogP contribution < -0.4 is 5.73 Å². The van der Waals surface area contributed by atoms with Gasteiger partial charge in [0.2, 0.25) is 0 Å². The number of nitrogens with two attached hydrogens (primary N) is 1. The molecule has 0 aliphatic heterocycles. The normalized spacial score (nSPS) is 11.4. The molecule has 0 fully saturated rings. The zero-order valence-electron chi connectivity index (χ0n) is 23.1. The van der Waals surface area contributed by atoms with Crippen LogP contribution in [-0.4, -0.2) is 78.0 Å². The Morgan fingerprint density at radius 1 is 0.714 bits per heavy atom. The molecule has 0 aromatic heterocycles. The smallest absolute Gasteiger partial charge is 0.320 e. The van der Waals surface area contributed by atoms with Gasteiger partial charge in [0.25, 0.3) is 20.2 Å². The molecule has 3 aromatic rings. The first-order chi connectivity index (χ1) is 19.6. The van der Waals surface area contributed by atoms with Gasteiger partial charge in [0.1, 0.15) is 6.04 Å². The number of carboxylic acids is 1. The van der Waals surface area contributed by atoms with Crippen LogP contribution in [0.1, 0.15) is 16.7 Å². The maximum absolute atomic E-state index is 10.5. The highest BCUT2D eigenvalue weighted by Gasteiger charge is 2.11. The molecule has 234 valence electrons. The van der Waals surface area contributed by atoms with Gasteiger partial charge in [0, 0.05) is 11.5 Å². The minimum atomic E-state index is -4.02. The summed E-state index contributed by atoms with van der Waals surface area (Å²) in [7, 11) is -4.87. The molecule has 0 saturated heterocycles. The summed E-state index contributed by atoms with van der Waals surface area (Å²) in [4.78, 5) is 10.2. The van der Waals surface area contributed by atoms with Gasteiger partial charge in [-0.15, -0.1) is 0 Å². The molecule has 0 unspecified atom stereocenters. The SMILES string of the molecule is Cc1ccc(S(=O)(=O)O)cc1.Cc1ccc(S(=O)(=O)O)cc1.N[C@@H](Cc1ccccc1)C(=O)O.OCCSSCCO. The Hall–Kier alpha value is -2.47. The van der Waals surface area contributed by atoms with Crippen molar-refractivity contribution in [1.29, 1.82) is 0 Å². The van der Waals surface area contributed by atoms with Crippen molar-refractivity contribution in [1.82, 2.24) is 0 Å². The topological polar surface area (TPSA) is 213 Å². The van der Waals surface area contributed by atoms with Crippen molar-refractivity contribution in [3.05, 3.63) is 95.6 Å². The number of hydrogen-bond acceptors (Lipinski definition) is 10. The van der Waals surface area contributed by atoms with E-state index in [4.69, 9.17) is 30.2 Å². The molecule has 15 heteroatoms. The van der Waals surface area contributed by atoms with Gasteiger partial charge < -0.3 is 21.1 Å². The van der Waals surface area contributed by atoms with Crippen LogP contribution >= 0.6 is 21.6 Å². The van der Waals surface area contributed by atoms with Crippen LogP contribution in [0.2, 0.25) is 0 Å². The van der Waals surface area contributed by atoms with Crippen molar-refractivity contribution in [3.63, 3.8) is 0 Å². The van der Waals surface area contributed by atoms with Gasteiger partial charge in [-0.3, -0.25) is 13.9 Å². The highest BCUT2D eigenvalue weighted by Crippen LogP contribution is 2.18. The molecule has 1 atom stereocenters. The van der Waals surface area contributed by atoms with E-state index in [-0.39, 0.29) is 23.0 Å². The van der Waals surface area contributed by atoms with E-state index in [9.17, 15) is 21.6 Å². The summed E-state index contributed by atoms with van der Waals surface area (Å²) in [6, 6.07) is 20.5. The van der Waals surface area contributed by atoms with Crippen molar-refractivity contribution < 1.29 is 46.1 Å². The van der Waals surface area contributed by atoms with Gasteiger partial charge >= 0.3 is 5.97 Å². The van der Waals surface area contributed by atoms with E-state index in [1.165, 1.54) is 24.3 Å². The molecule has 0 spiro atoms. The highest BCUT2D eigenvalue weighted by molar-refractivity contribution is 8.76. The number of carboxylic acid groups (broad SMARTS) is 1. The lowest BCUT2D eigenvalue weighted by Gasteiger charge is -2.04. The standard InChI is InChI=1S/C9H11NO2.2C7H8O3S.C4H10O2S2/c10-8(9(11)12)6-7-4-2-1-3-5-7;2*1-6-2-4-7(5-3-6)11(8,9)10;5-1-3-7-8-4-2-6/h1-5,8H,6,10H2,(H,11,12);2*2-5H,1H3,(H,8,9,10);5-6H,1-4H2/t8-;;;/m0.../s1. The summed E-state index contributed by atoms with van der Waals surface area (Å²) >= 11 is 0. The van der Waals surface area contributed by atoms with Crippen molar-refractivity contribution in [2.24, 2.45) is 5.73 Å². The molecule has 7 N–H and O–H groups in total. The molecule has 0 heterocycles. The quantitative estimate of drug-likeness (QED) is 0.104. The van der Waals surface area contributed by atoms with Crippen LogP contribution in [0.3, 0.4) is 0 Å². The zero-order valence-corrected chi connectivity index (χ0v) is 26.4. The van der Waals surface area contributed by atoms with E-state index in [1.807, 2.05) is 44.2 Å². The Kier molecular flexibility index (Phi) is 20.0. The van der Waals surface area contributed by atoms with Crippen molar-refractivity contribution in [2.75, 3.05) is 24.7 Å². The van der Waals surface area contributed by atoms with E-state index >= 15 is 0 Å². The molecule has 0 saturated carbocycles. The Labute approximate surface area is 255 Å². The summed E-state index contributed by atoms with van der Waals surface area (Å²) in [5.41, 5.74) is 8.21. The third kappa shape index (κ3) is 19.6. The second-order valence-electron chi connectivity index (χ2n) is 8.30. The van der Waals surface area contributed by atoms with E-state index in [2.05, 4.69) is 0 Å². The van der Waals surface area contributed by atoms with Gasteiger partial charge in [-0.2, -0.15) is 16.8 Å². The number of rotatable bonds is 10. The van der Waals surface area contributed by atoms with E-state index in [0.717, 1.165) is 28.2 Å². The molecule has 0 radical (unpaired) electrons. The van der Waals surface area contributed by atoms with E-state index < -0.39 is 32.2 Å². The molecule has 3 aromatic carbocycles. The number of aryl methyl sites for hydroxylation is 2. The first kappa shape index (κ1) is 39.5. The molecule has 0 amide bonds. The van der Waals surface area contributed by atoms with Crippen LogP contribution in [0, 0.1) is 13.8 Å². The summed E-state index contributed by atoms with van der Waals surface area (Å²) in [6.45, 7) is 4.13. The second-order valence-corrected chi connectivity index (χ2v) is 13.8. The number of aliphatic hydroxyl groups is 2. The molecular formula is C27H37NO10S4. The van der Waals surface area contributed by atoms with Crippen LogP contribution in [0.15, 0.2) is 88.7 Å². The second kappa shape index (κ2) is 21.3. The Balaban J connectivity index is 0.000000539. The lowest BCUT2D eigenvalue weighted by molar-refractivity contribution is -0.138. The van der Waals surface area contributed by atoms with E-state index in [1.54, 1.807) is 45.9 Å². The fraction of sp³-hybridized carbons (Fsp3) is 0.296. The highest BCUT2D eigenvalue weighted by atomic mass is 33.1. The van der Waals surface area contributed by atoms with Gasteiger partial charge in [0.05, 0.1) is 23.0 Å². The molecule has 0 bridgehead atoms. The Bertz CT molecular complexity index is 1290. The number of aliphatic hydroxyl groups excluding tert-OH is 2. The van der Waals surface area contributed by atoms with Crippen molar-refractivity contribution in [2.45, 2.75) is 36.1 Å². The van der Waals surface area contributed by atoms with Gasteiger partial charge in [0.15, 0.2) is 0 Å². The first-order valence-electron chi connectivity index (χ1n) is 12.2. The maximum atomic E-state index is 10.5. The molecule has 42 heavy (non-hydrogen) atoms. The average molecular weight is 664 g/mol.